The summed E-state index contributed by atoms with van der Waals surface area (Å²) in [6.45, 7) is 8.18. The first-order valence-corrected chi connectivity index (χ1v) is 8.52. The quantitative estimate of drug-likeness (QED) is 0.923. The van der Waals surface area contributed by atoms with Gasteiger partial charge in [0.1, 0.15) is 4.90 Å². The predicted octanol–water partition coefficient (Wildman–Crippen LogP) is 2.88. The summed E-state index contributed by atoms with van der Waals surface area (Å²) in [5.41, 5.74) is 3.08. The Morgan fingerprint density at radius 2 is 1.95 bits per heavy atom. The Labute approximate surface area is 126 Å². The molecule has 0 amide bonds. The normalized spacial score (nSPS) is 11.6. The van der Waals surface area contributed by atoms with Gasteiger partial charge in [-0.15, -0.1) is 0 Å². The fourth-order valence-corrected chi connectivity index (χ4v) is 3.64. The van der Waals surface area contributed by atoms with E-state index >= 15 is 0 Å². The third kappa shape index (κ3) is 3.10. The van der Waals surface area contributed by atoms with Crippen molar-refractivity contribution < 1.29 is 8.42 Å². The van der Waals surface area contributed by atoms with Gasteiger partial charge in [0, 0.05) is 12.7 Å². The Morgan fingerprint density at radius 3 is 2.52 bits per heavy atom. The van der Waals surface area contributed by atoms with Crippen LogP contribution in [0.25, 0.3) is 0 Å². The van der Waals surface area contributed by atoms with Gasteiger partial charge in [-0.05, 0) is 38.3 Å². The molecule has 0 unspecified atom stereocenters. The standard InChI is InChI=1S/C15H21N3O2S/c1-5-13-9-7-8-11(3)15(13)17-21(19,20)14-10-18(6-2)16-12(14)4/h7-10,17H,5-6H2,1-4H3. The Balaban J connectivity index is 2.44. The largest absolute Gasteiger partial charge is 0.279 e. The number of hydrogen-bond acceptors (Lipinski definition) is 3. The molecule has 0 saturated heterocycles. The third-order valence-electron chi connectivity index (χ3n) is 3.49. The van der Waals surface area contributed by atoms with E-state index in [1.54, 1.807) is 17.8 Å². The molecule has 0 saturated carbocycles. The number of aryl methyl sites for hydroxylation is 4. The van der Waals surface area contributed by atoms with E-state index in [1.807, 2.05) is 39.0 Å². The Morgan fingerprint density at radius 1 is 1.24 bits per heavy atom. The van der Waals surface area contributed by atoms with Crippen molar-refractivity contribution in [3.63, 3.8) is 0 Å². The van der Waals surface area contributed by atoms with Crippen molar-refractivity contribution in [3.05, 3.63) is 41.2 Å². The number of benzene rings is 1. The molecule has 1 aromatic heterocycles. The van der Waals surface area contributed by atoms with Crippen LogP contribution in [0.4, 0.5) is 5.69 Å². The van der Waals surface area contributed by atoms with Crippen LogP contribution < -0.4 is 4.72 Å². The van der Waals surface area contributed by atoms with Crippen molar-refractivity contribution in [2.24, 2.45) is 0 Å². The van der Waals surface area contributed by atoms with Gasteiger partial charge in [0.15, 0.2) is 0 Å². The number of nitrogens with one attached hydrogen (secondary N) is 1. The highest BCUT2D eigenvalue weighted by molar-refractivity contribution is 7.92. The molecule has 0 bridgehead atoms. The molecule has 21 heavy (non-hydrogen) atoms. The summed E-state index contributed by atoms with van der Waals surface area (Å²) in [5.74, 6) is 0. The topological polar surface area (TPSA) is 64.0 Å². The number of nitrogens with zero attached hydrogens (tertiary/aromatic N) is 2. The average Bonchev–Trinajstić information content (AvgIpc) is 2.83. The molecule has 0 atom stereocenters. The number of hydrogen-bond donors (Lipinski definition) is 1. The van der Waals surface area contributed by atoms with Crippen LogP contribution >= 0.6 is 0 Å². The first-order chi connectivity index (χ1) is 9.89. The van der Waals surface area contributed by atoms with E-state index < -0.39 is 10.0 Å². The van der Waals surface area contributed by atoms with Crippen molar-refractivity contribution in [2.45, 2.75) is 45.6 Å². The molecule has 0 aliphatic heterocycles. The van der Waals surface area contributed by atoms with Crippen LogP contribution in [0.3, 0.4) is 0 Å². The van der Waals surface area contributed by atoms with E-state index in [1.165, 1.54) is 0 Å². The maximum absolute atomic E-state index is 12.6. The van der Waals surface area contributed by atoms with Gasteiger partial charge in [0.05, 0.1) is 11.4 Å². The van der Waals surface area contributed by atoms with Crippen molar-refractivity contribution in [3.8, 4) is 0 Å². The molecule has 114 valence electrons. The molecule has 1 N–H and O–H groups in total. The van der Waals surface area contributed by atoms with E-state index in [-0.39, 0.29) is 4.90 Å². The number of para-hydroxylation sites is 1. The fraction of sp³-hybridized carbons (Fsp3) is 0.400. The zero-order valence-electron chi connectivity index (χ0n) is 12.8. The Kier molecular flexibility index (Phi) is 4.37. The zero-order valence-corrected chi connectivity index (χ0v) is 13.7. The highest BCUT2D eigenvalue weighted by Crippen LogP contribution is 2.25. The minimum atomic E-state index is -3.62. The summed E-state index contributed by atoms with van der Waals surface area (Å²) in [4.78, 5) is 0.231. The molecule has 2 aromatic rings. The Hall–Kier alpha value is -1.82. The summed E-state index contributed by atoms with van der Waals surface area (Å²) in [7, 11) is -3.62. The van der Waals surface area contributed by atoms with Crippen LogP contribution in [-0.2, 0) is 23.0 Å². The van der Waals surface area contributed by atoms with Crippen LogP contribution in [0.5, 0.6) is 0 Å². The van der Waals surface area contributed by atoms with E-state index in [0.717, 1.165) is 17.5 Å². The monoisotopic (exact) mass is 307 g/mol. The first kappa shape index (κ1) is 15.6. The molecular formula is C15H21N3O2S. The van der Waals surface area contributed by atoms with Crippen molar-refractivity contribution in [1.82, 2.24) is 9.78 Å². The van der Waals surface area contributed by atoms with E-state index in [4.69, 9.17) is 0 Å². The molecule has 0 radical (unpaired) electrons. The zero-order chi connectivity index (χ0) is 15.6. The summed E-state index contributed by atoms with van der Waals surface area (Å²) in [6.07, 6.45) is 2.34. The summed E-state index contributed by atoms with van der Waals surface area (Å²) < 4.78 is 29.6. The van der Waals surface area contributed by atoms with Gasteiger partial charge in [-0.3, -0.25) is 9.40 Å². The van der Waals surface area contributed by atoms with Gasteiger partial charge >= 0.3 is 0 Å². The van der Waals surface area contributed by atoms with Gasteiger partial charge in [-0.25, -0.2) is 8.42 Å². The molecule has 6 heteroatoms. The number of sulfonamides is 1. The number of anilines is 1. The summed E-state index contributed by atoms with van der Waals surface area (Å²) in [6, 6.07) is 5.78. The second kappa shape index (κ2) is 5.89. The second-order valence-electron chi connectivity index (χ2n) is 5.00. The molecule has 5 nitrogen and oxygen atoms in total. The van der Waals surface area contributed by atoms with Gasteiger partial charge < -0.3 is 0 Å². The lowest BCUT2D eigenvalue weighted by molar-refractivity contribution is 0.600. The van der Waals surface area contributed by atoms with E-state index in [0.29, 0.717) is 17.9 Å². The molecular weight excluding hydrogens is 286 g/mol. The highest BCUT2D eigenvalue weighted by atomic mass is 32.2. The van der Waals surface area contributed by atoms with Crippen LogP contribution in [0.15, 0.2) is 29.3 Å². The SMILES string of the molecule is CCc1cccc(C)c1NS(=O)(=O)c1cn(CC)nc1C. The van der Waals surface area contributed by atoms with Crippen molar-refractivity contribution >= 4 is 15.7 Å². The van der Waals surface area contributed by atoms with Crippen LogP contribution in [-0.4, -0.2) is 18.2 Å². The molecule has 0 spiro atoms. The van der Waals surface area contributed by atoms with Crippen molar-refractivity contribution in [1.29, 1.82) is 0 Å². The summed E-state index contributed by atoms with van der Waals surface area (Å²) >= 11 is 0. The van der Waals surface area contributed by atoms with E-state index in [9.17, 15) is 8.42 Å². The maximum Gasteiger partial charge on any atom is 0.265 e. The predicted molar refractivity (Wildman–Crippen MR) is 84.0 cm³/mol. The molecule has 2 rings (SSSR count). The minimum absolute atomic E-state index is 0.231. The summed E-state index contributed by atoms with van der Waals surface area (Å²) in [5, 5.41) is 4.20. The Bertz CT molecular complexity index is 748. The maximum atomic E-state index is 12.6. The minimum Gasteiger partial charge on any atom is -0.279 e. The number of rotatable bonds is 5. The second-order valence-corrected chi connectivity index (χ2v) is 6.65. The lowest BCUT2D eigenvalue weighted by Crippen LogP contribution is -2.15. The van der Waals surface area contributed by atoms with Crippen molar-refractivity contribution in [2.75, 3.05) is 4.72 Å². The lowest BCUT2D eigenvalue weighted by atomic mass is 10.1. The van der Waals surface area contributed by atoms with Gasteiger partial charge in [-0.1, -0.05) is 25.1 Å². The molecule has 1 heterocycles. The lowest BCUT2D eigenvalue weighted by Gasteiger charge is -2.13. The molecule has 0 aliphatic rings. The van der Waals surface area contributed by atoms with Crippen LogP contribution in [0.1, 0.15) is 30.7 Å². The van der Waals surface area contributed by atoms with Gasteiger partial charge in [0.2, 0.25) is 0 Å². The molecule has 0 aliphatic carbocycles. The highest BCUT2D eigenvalue weighted by Gasteiger charge is 2.21. The van der Waals surface area contributed by atoms with Crippen LogP contribution in [0, 0.1) is 13.8 Å². The van der Waals surface area contributed by atoms with Gasteiger partial charge in [-0.2, -0.15) is 5.10 Å². The smallest absolute Gasteiger partial charge is 0.265 e. The average molecular weight is 307 g/mol. The number of aromatic nitrogens is 2. The fourth-order valence-electron chi connectivity index (χ4n) is 2.28. The first-order valence-electron chi connectivity index (χ1n) is 7.04. The van der Waals surface area contributed by atoms with Crippen LogP contribution in [0.2, 0.25) is 0 Å². The third-order valence-corrected chi connectivity index (χ3v) is 4.94. The molecule has 0 fully saturated rings. The van der Waals surface area contributed by atoms with E-state index in [2.05, 4.69) is 9.82 Å². The van der Waals surface area contributed by atoms with Gasteiger partial charge in [0.25, 0.3) is 10.0 Å². The molecule has 1 aromatic carbocycles.